The molecule has 0 amide bonds. The van der Waals surface area contributed by atoms with E-state index < -0.39 is 0 Å². The Morgan fingerprint density at radius 1 is 1.35 bits per heavy atom. The second kappa shape index (κ2) is 7.03. The van der Waals surface area contributed by atoms with Gasteiger partial charge in [-0.1, -0.05) is 0 Å². The second-order valence-electron chi connectivity index (χ2n) is 3.40. The summed E-state index contributed by atoms with van der Waals surface area (Å²) in [7, 11) is 3.06. The van der Waals surface area contributed by atoms with Crippen LogP contribution in [-0.2, 0) is 4.74 Å². The minimum atomic E-state index is -0.255. The van der Waals surface area contributed by atoms with E-state index in [2.05, 4.69) is 9.97 Å². The summed E-state index contributed by atoms with van der Waals surface area (Å²) in [5, 5.41) is 0. The van der Waals surface area contributed by atoms with Gasteiger partial charge in [0.15, 0.2) is 0 Å². The van der Waals surface area contributed by atoms with Crippen LogP contribution in [-0.4, -0.2) is 37.4 Å². The van der Waals surface area contributed by atoms with Crippen molar-refractivity contribution in [1.82, 2.24) is 9.97 Å². The van der Waals surface area contributed by atoms with Crippen LogP contribution in [0.5, 0.6) is 11.8 Å². The molecule has 0 aliphatic heterocycles. The molecule has 0 saturated heterocycles. The van der Waals surface area contributed by atoms with Crippen LogP contribution in [0.25, 0.3) is 0 Å². The summed E-state index contributed by atoms with van der Waals surface area (Å²) < 4.78 is 15.4. The van der Waals surface area contributed by atoms with Gasteiger partial charge in [0, 0.05) is 13.2 Å². The van der Waals surface area contributed by atoms with Crippen molar-refractivity contribution < 1.29 is 14.2 Å². The molecule has 17 heavy (non-hydrogen) atoms. The third-order valence-electron chi connectivity index (χ3n) is 2.28. The molecule has 0 aromatic carbocycles. The highest BCUT2D eigenvalue weighted by molar-refractivity contribution is 5.25. The molecule has 0 radical (unpaired) electrons. The van der Waals surface area contributed by atoms with Crippen LogP contribution in [0, 0.1) is 0 Å². The Labute approximate surface area is 101 Å². The average molecular weight is 241 g/mol. The summed E-state index contributed by atoms with van der Waals surface area (Å²) in [6.45, 7) is 3.21. The molecule has 1 unspecified atom stereocenters. The molecular weight excluding hydrogens is 222 g/mol. The van der Waals surface area contributed by atoms with Crippen molar-refractivity contribution in [3.8, 4) is 11.8 Å². The number of rotatable bonds is 7. The fourth-order valence-corrected chi connectivity index (χ4v) is 1.36. The minimum Gasteiger partial charge on any atom is -0.480 e. The van der Waals surface area contributed by atoms with Gasteiger partial charge in [0.25, 0.3) is 0 Å². The van der Waals surface area contributed by atoms with Gasteiger partial charge in [-0.05, 0) is 13.3 Å². The quantitative estimate of drug-likeness (QED) is 0.715. The lowest BCUT2D eigenvalue weighted by atomic mass is 10.1. The van der Waals surface area contributed by atoms with Crippen molar-refractivity contribution in [3.05, 3.63) is 11.9 Å². The molecule has 1 atom stereocenters. The monoisotopic (exact) mass is 241 g/mol. The minimum absolute atomic E-state index is 0.255. The predicted octanol–water partition coefficient (Wildman–Crippen LogP) is 0.920. The molecule has 1 heterocycles. The molecule has 0 fully saturated rings. The van der Waals surface area contributed by atoms with Gasteiger partial charge < -0.3 is 19.9 Å². The Hall–Kier alpha value is -1.40. The molecule has 0 saturated carbocycles. The zero-order valence-corrected chi connectivity index (χ0v) is 10.5. The maximum Gasteiger partial charge on any atom is 0.240 e. The molecule has 1 aromatic heterocycles. The summed E-state index contributed by atoms with van der Waals surface area (Å²) in [6.07, 6.45) is 2.20. The lowest BCUT2D eigenvalue weighted by Crippen LogP contribution is -2.16. The van der Waals surface area contributed by atoms with E-state index in [1.54, 1.807) is 0 Å². The predicted molar refractivity (Wildman–Crippen MR) is 63.2 cm³/mol. The molecule has 6 nitrogen and oxygen atoms in total. The molecule has 2 N–H and O–H groups in total. The van der Waals surface area contributed by atoms with Gasteiger partial charge in [-0.15, -0.1) is 0 Å². The van der Waals surface area contributed by atoms with Crippen LogP contribution >= 0.6 is 0 Å². The summed E-state index contributed by atoms with van der Waals surface area (Å²) in [5.74, 6) is 0.802. The third kappa shape index (κ3) is 3.83. The van der Waals surface area contributed by atoms with Crippen LogP contribution < -0.4 is 15.2 Å². The van der Waals surface area contributed by atoms with E-state index in [1.807, 2.05) is 6.92 Å². The lowest BCUT2D eigenvalue weighted by molar-refractivity contribution is 0.139. The van der Waals surface area contributed by atoms with Crippen LogP contribution in [0.4, 0.5) is 0 Å². The molecule has 0 aliphatic carbocycles. The summed E-state index contributed by atoms with van der Waals surface area (Å²) in [5.41, 5.74) is 6.62. The van der Waals surface area contributed by atoms with E-state index in [0.29, 0.717) is 37.1 Å². The first-order valence-electron chi connectivity index (χ1n) is 5.51. The first kappa shape index (κ1) is 13.7. The van der Waals surface area contributed by atoms with Crippen molar-refractivity contribution in [2.45, 2.75) is 19.4 Å². The van der Waals surface area contributed by atoms with Crippen molar-refractivity contribution in [2.24, 2.45) is 5.73 Å². The van der Waals surface area contributed by atoms with Gasteiger partial charge >= 0.3 is 0 Å². The normalized spacial score (nSPS) is 12.2. The van der Waals surface area contributed by atoms with E-state index in [1.165, 1.54) is 20.4 Å². The molecule has 0 bridgehead atoms. The van der Waals surface area contributed by atoms with Crippen molar-refractivity contribution in [1.29, 1.82) is 0 Å². The van der Waals surface area contributed by atoms with E-state index in [9.17, 15) is 0 Å². The second-order valence-corrected chi connectivity index (χ2v) is 3.40. The molecule has 1 rings (SSSR count). The number of nitrogens with zero attached hydrogens (tertiary/aromatic N) is 2. The van der Waals surface area contributed by atoms with Crippen molar-refractivity contribution in [2.75, 3.05) is 27.4 Å². The number of methoxy groups -OCH3 is 2. The molecule has 96 valence electrons. The van der Waals surface area contributed by atoms with E-state index in [-0.39, 0.29) is 6.04 Å². The fourth-order valence-electron chi connectivity index (χ4n) is 1.36. The molecule has 1 aromatic rings. The van der Waals surface area contributed by atoms with Gasteiger partial charge in [0.05, 0.1) is 26.5 Å². The van der Waals surface area contributed by atoms with Gasteiger partial charge in [-0.3, -0.25) is 0 Å². The molecular formula is C11H19N3O3. The maximum atomic E-state index is 6.00. The smallest absolute Gasteiger partial charge is 0.240 e. The topological polar surface area (TPSA) is 79.5 Å². The summed E-state index contributed by atoms with van der Waals surface area (Å²) in [6, 6.07) is -0.255. The SMILES string of the molecule is CCOCCC(N)c1ncc(OC)nc1OC. The number of hydrogen-bond donors (Lipinski definition) is 1. The van der Waals surface area contributed by atoms with E-state index >= 15 is 0 Å². The van der Waals surface area contributed by atoms with Crippen LogP contribution in [0.3, 0.4) is 0 Å². The van der Waals surface area contributed by atoms with E-state index in [0.717, 1.165) is 0 Å². The lowest BCUT2D eigenvalue weighted by Gasteiger charge is -2.14. The summed E-state index contributed by atoms with van der Waals surface area (Å²) in [4.78, 5) is 8.34. The molecule has 0 spiro atoms. The van der Waals surface area contributed by atoms with Crippen LogP contribution in [0.1, 0.15) is 25.1 Å². The number of hydrogen-bond acceptors (Lipinski definition) is 6. The van der Waals surface area contributed by atoms with Crippen LogP contribution in [0.2, 0.25) is 0 Å². The van der Waals surface area contributed by atoms with Crippen molar-refractivity contribution in [3.63, 3.8) is 0 Å². The Kier molecular flexibility index (Phi) is 5.65. The van der Waals surface area contributed by atoms with Gasteiger partial charge in [-0.25, -0.2) is 4.98 Å². The standard InChI is InChI=1S/C11H19N3O3/c1-4-17-6-5-8(12)10-11(16-3)14-9(15-2)7-13-10/h7-8H,4-6,12H2,1-3H3. The first-order chi connectivity index (χ1) is 8.22. The first-order valence-corrected chi connectivity index (χ1v) is 5.51. The Balaban J connectivity index is 2.74. The average Bonchev–Trinajstić information content (AvgIpc) is 2.38. The number of ether oxygens (including phenoxy) is 3. The third-order valence-corrected chi connectivity index (χ3v) is 2.28. The number of nitrogens with two attached hydrogens (primary N) is 1. The maximum absolute atomic E-state index is 6.00. The van der Waals surface area contributed by atoms with E-state index in [4.69, 9.17) is 19.9 Å². The fraction of sp³-hybridized carbons (Fsp3) is 0.636. The summed E-state index contributed by atoms with van der Waals surface area (Å²) >= 11 is 0. The number of aromatic nitrogens is 2. The van der Waals surface area contributed by atoms with Crippen LogP contribution in [0.15, 0.2) is 6.20 Å². The Morgan fingerprint density at radius 2 is 2.12 bits per heavy atom. The van der Waals surface area contributed by atoms with Crippen molar-refractivity contribution >= 4 is 0 Å². The zero-order valence-electron chi connectivity index (χ0n) is 10.5. The van der Waals surface area contributed by atoms with Gasteiger partial charge in [-0.2, -0.15) is 4.98 Å². The van der Waals surface area contributed by atoms with Gasteiger partial charge in [0.1, 0.15) is 5.69 Å². The highest BCUT2D eigenvalue weighted by Crippen LogP contribution is 2.23. The Bertz CT molecular complexity index is 347. The Morgan fingerprint density at radius 3 is 2.71 bits per heavy atom. The largest absolute Gasteiger partial charge is 0.480 e. The highest BCUT2D eigenvalue weighted by Gasteiger charge is 2.16. The molecule has 6 heteroatoms. The zero-order chi connectivity index (χ0) is 12.7. The highest BCUT2D eigenvalue weighted by atomic mass is 16.5. The van der Waals surface area contributed by atoms with Gasteiger partial charge in [0.2, 0.25) is 11.8 Å². The molecule has 0 aliphatic rings.